The number of ketones is 1. The number of sulfonamides is 1. The second-order valence-electron chi connectivity index (χ2n) is 3.67. The minimum absolute atomic E-state index is 0.0467. The molecule has 0 heterocycles. The van der Waals surface area contributed by atoms with Gasteiger partial charge in [0.15, 0.2) is 5.78 Å². The van der Waals surface area contributed by atoms with Crippen molar-refractivity contribution in [2.75, 3.05) is 10.5 Å². The lowest BCUT2D eigenvalue weighted by atomic mass is 10.1. The molecule has 6 heteroatoms. The van der Waals surface area contributed by atoms with E-state index in [1.807, 2.05) is 0 Å². The van der Waals surface area contributed by atoms with Crippen LogP contribution in [0.15, 0.2) is 18.2 Å². The maximum Gasteiger partial charge on any atom is 0.232 e. The number of carbonyl (C=O) groups is 1. The average Bonchev–Trinajstić information content (AvgIpc) is 2.20. The van der Waals surface area contributed by atoms with Gasteiger partial charge in [0.2, 0.25) is 10.0 Å². The van der Waals surface area contributed by atoms with Crippen LogP contribution in [0.5, 0.6) is 0 Å². The molecule has 0 saturated heterocycles. The first-order valence-electron chi connectivity index (χ1n) is 5.16. The Bertz CT molecular complexity index is 526. The van der Waals surface area contributed by atoms with Gasteiger partial charge in [0, 0.05) is 11.3 Å². The number of carbonyl (C=O) groups excluding carboxylic acids is 1. The molecule has 0 amide bonds. The largest absolute Gasteiger partial charge is 0.294 e. The molecule has 1 N–H and O–H groups in total. The molecule has 0 unspecified atom stereocenters. The minimum Gasteiger partial charge on any atom is -0.294 e. The molecule has 4 nitrogen and oxygen atoms in total. The molecule has 0 aromatic heterocycles. The number of benzene rings is 1. The predicted molar refractivity (Wildman–Crippen MR) is 69.2 cm³/mol. The molecule has 0 saturated carbocycles. The highest BCUT2D eigenvalue weighted by molar-refractivity contribution is 7.92. The summed E-state index contributed by atoms with van der Waals surface area (Å²) in [5, 5.41) is 0.316. The van der Waals surface area contributed by atoms with Crippen molar-refractivity contribution in [2.45, 2.75) is 20.3 Å². The Morgan fingerprint density at radius 3 is 2.59 bits per heavy atom. The summed E-state index contributed by atoms with van der Waals surface area (Å²) in [6.07, 6.45) is 0.530. The molecular weight excluding hydrogens is 262 g/mol. The molecule has 0 aliphatic carbocycles. The van der Waals surface area contributed by atoms with E-state index >= 15 is 0 Å². The summed E-state index contributed by atoms with van der Waals surface area (Å²) in [6, 6.07) is 4.47. The van der Waals surface area contributed by atoms with Gasteiger partial charge in [-0.3, -0.25) is 9.52 Å². The van der Waals surface area contributed by atoms with Gasteiger partial charge in [0.05, 0.1) is 10.8 Å². The van der Waals surface area contributed by atoms with Crippen molar-refractivity contribution in [2.24, 2.45) is 0 Å². The van der Waals surface area contributed by atoms with Crippen LogP contribution in [-0.2, 0) is 10.0 Å². The van der Waals surface area contributed by atoms with Crippen LogP contribution in [0.2, 0.25) is 5.02 Å². The zero-order chi connectivity index (χ0) is 13.1. The Labute approximate surface area is 106 Å². The number of Topliss-reactive ketones (excluding diaryl/α,β-unsaturated/α-hetero) is 1. The van der Waals surface area contributed by atoms with Gasteiger partial charge in [0.1, 0.15) is 0 Å². The Balaban J connectivity index is 3.02. The molecule has 94 valence electrons. The van der Waals surface area contributed by atoms with E-state index in [1.165, 1.54) is 25.1 Å². The zero-order valence-corrected chi connectivity index (χ0v) is 11.2. The van der Waals surface area contributed by atoms with Gasteiger partial charge in [-0.05, 0) is 31.5 Å². The van der Waals surface area contributed by atoms with E-state index in [4.69, 9.17) is 11.6 Å². The van der Waals surface area contributed by atoms with Crippen molar-refractivity contribution < 1.29 is 13.2 Å². The summed E-state index contributed by atoms with van der Waals surface area (Å²) < 4.78 is 25.5. The Hall–Kier alpha value is -1.07. The molecule has 0 aliphatic heterocycles. The zero-order valence-electron chi connectivity index (χ0n) is 9.66. The van der Waals surface area contributed by atoms with E-state index in [9.17, 15) is 13.2 Å². The van der Waals surface area contributed by atoms with Crippen molar-refractivity contribution in [3.05, 3.63) is 28.8 Å². The molecule has 0 aliphatic rings. The van der Waals surface area contributed by atoms with Gasteiger partial charge in [-0.2, -0.15) is 0 Å². The van der Waals surface area contributed by atoms with Crippen LogP contribution >= 0.6 is 11.6 Å². The lowest BCUT2D eigenvalue weighted by Crippen LogP contribution is -2.16. The Morgan fingerprint density at radius 1 is 1.41 bits per heavy atom. The van der Waals surface area contributed by atoms with Gasteiger partial charge in [0.25, 0.3) is 0 Å². The van der Waals surface area contributed by atoms with Crippen LogP contribution < -0.4 is 4.72 Å². The lowest BCUT2D eigenvalue weighted by Gasteiger charge is -2.08. The SMILES string of the molecule is CCCS(=O)(=O)Nc1ccc(Cl)c(C(C)=O)c1. The van der Waals surface area contributed by atoms with Gasteiger partial charge in [-0.25, -0.2) is 8.42 Å². The fourth-order valence-electron chi connectivity index (χ4n) is 1.36. The van der Waals surface area contributed by atoms with E-state index in [-0.39, 0.29) is 11.5 Å². The Morgan fingerprint density at radius 2 is 2.06 bits per heavy atom. The van der Waals surface area contributed by atoms with Crippen molar-refractivity contribution in [1.82, 2.24) is 0 Å². The fourth-order valence-corrected chi connectivity index (χ4v) is 2.73. The van der Waals surface area contributed by atoms with E-state index < -0.39 is 10.0 Å². The highest BCUT2D eigenvalue weighted by Crippen LogP contribution is 2.21. The van der Waals surface area contributed by atoms with Crippen LogP contribution in [0, 0.1) is 0 Å². The van der Waals surface area contributed by atoms with Crippen LogP contribution in [-0.4, -0.2) is 20.0 Å². The number of hydrogen-bond acceptors (Lipinski definition) is 3. The van der Waals surface area contributed by atoms with Crippen molar-refractivity contribution >= 4 is 33.1 Å². The summed E-state index contributed by atoms with van der Waals surface area (Å²) in [5.41, 5.74) is 0.663. The number of hydrogen-bond donors (Lipinski definition) is 1. The quantitative estimate of drug-likeness (QED) is 0.841. The molecule has 0 spiro atoms. The topological polar surface area (TPSA) is 63.2 Å². The summed E-state index contributed by atoms with van der Waals surface area (Å²) in [5.74, 6) is -0.156. The van der Waals surface area contributed by atoms with Crippen molar-refractivity contribution in [3.63, 3.8) is 0 Å². The van der Waals surface area contributed by atoms with Crippen molar-refractivity contribution in [1.29, 1.82) is 0 Å². The monoisotopic (exact) mass is 275 g/mol. The standard InChI is InChI=1S/C11H14ClNO3S/c1-3-6-17(15,16)13-9-4-5-11(12)10(7-9)8(2)14/h4-5,7,13H,3,6H2,1-2H3. The third-order valence-corrected chi connectivity index (χ3v) is 3.91. The van der Waals surface area contributed by atoms with E-state index in [0.717, 1.165) is 0 Å². The number of nitrogens with one attached hydrogen (secondary N) is 1. The average molecular weight is 276 g/mol. The summed E-state index contributed by atoms with van der Waals surface area (Å²) in [4.78, 5) is 11.2. The number of anilines is 1. The molecule has 0 radical (unpaired) electrons. The second kappa shape index (κ2) is 5.51. The third-order valence-electron chi connectivity index (χ3n) is 2.09. The molecule has 0 fully saturated rings. The highest BCUT2D eigenvalue weighted by Gasteiger charge is 2.11. The maximum atomic E-state index is 11.5. The van der Waals surface area contributed by atoms with Crippen LogP contribution in [0.25, 0.3) is 0 Å². The molecule has 1 rings (SSSR count). The summed E-state index contributed by atoms with van der Waals surface area (Å²) >= 11 is 5.83. The first-order chi connectivity index (χ1) is 7.85. The smallest absolute Gasteiger partial charge is 0.232 e. The van der Waals surface area contributed by atoms with Crippen LogP contribution in [0.4, 0.5) is 5.69 Å². The minimum atomic E-state index is -3.34. The lowest BCUT2D eigenvalue weighted by molar-refractivity contribution is 0.101. The van der Waals surface area contributed by atoms with E-state index in [0.29, 0.717) is 22.7 Å². The molecule has 17 heavy (non-hydrogen) atoms. The second-order valence-corrected chi connectivity index (χ2v) is 5.92. The normalized spacial score (nSPS) is 11.2. The molecule has 0 bridgehead atoms. The highest BCUT2D eigenvalue weighted by atomic mass is 35.5. The van der Waals surface area contributed by atoms with E-state index in [2.05, 4.69) is 4.72 Å². The summed E-state index contributed by atoms with van der Waals surface area (Å²) in [6.45, 7) is 3.16. The van der Waals surface area contributed by atoms with Crippen molar-refractivity contribution in [3.8, 4) is 0 Å². The molecule has 1 aromatic carbocycles. The first-order valence-corrected chi connectivity index (χ1v) is 7.19. The Kier molecular flexibility index (Phi) is 4.54. The number of rotatable bonds is 5. The van der Waals surface area contributed by atoms with Crippen LogP contribution in [0.1, 0.15) is 30.6 Å². The van der Waals surface area contributed by atoms with Gasteiger partial charge >= 0.3 is 0 Å². The van der Waals surface area contributed by atoms with E-state index in [1.54, 1.807) is 6.92 Å². The maximum absolute atomic E-state index is 11.5. The van der Waals surface area contributed by atoms with Crippen LogP contribution in [0.3, 0.4) is 0 Å². The van der Waals surface area contributed by atoms with Gasteiger partial charge in [-0.15, -0.1) is 0 Å². The van der Waals surface area contributed by atoms with Gasteiger partial charge in [-0.1, -0.05) is 18.5 Å². The summed E-state index contributed by atoms with van der Waals surface area (Å²) in [7, 11) is -3.34. The first kappa shape index (κ1) is 14.0. The van der Waals surface area contributed by atoms with Gasteiger partial charge < -0.3 is 0 Å². The molecular formula is C11H14ClNO3S. The molecule has 0 atom stereocenters. The number of halogens is 1. The molecule has 1 aromatic rings. The third kappa shape index (κ3) is 4.02. The predicted octanol–water partition coefficient (Wildman–Crippen LogP) is 2.69. The fraction of sp³-hybridized carbons (Fsp3) is 0.364.